The Kier molecular flexibility index (Phi) is 3.25. The van der Waals surface area contributed by atoms with Crippen molar-refractivity contribution in [3.05, 3.63) is 23.5 Å². The molecule has 1 saturated carbocycles. The molecule has 0 bridgehead atoms. The third-order valence-electron chi connectivity index (χ3n) is 3.98. The maximum absolute atomic E-state index is 10.0. The van der Waals surface area contributed by atoms with Crippen molar-refractivity contribution in [3.63, 3.8) is 0 Å². The van der Waals surface area contributed by atoms with Crippen LogP contribution in [-0.4, -0.2) is 39.9 Å². The molecule has 7 heteroatoms. The molecule has 0 radical (unpaired) electrons. The topological polar surface area (TPSA) is 95.4 Å². The lowest BCUT2D eigenvalue weighted by Gasteiger charge is -2.02. The van der Waals surface area contributed by atoms with E-state index in [0.717, 1.165) is 23.6 Å². The molecule has 0 atom stereocenters. The molecular formula is C16H17N5O2. The average molecular weight is 311 g/mol. The Bertz CT molecular complexity index is 805. The Hall–Kier alpha value is -2.83. The molecule has 2 aliphatic rings. The van der Waals surface area contributed by atoms with Crippen molar-refractivity contribution in [2.75, 3.05) is 19.0 Å². The molecule has 1 aliphatic heterocycles. The number of aromatic amines is 1. The Morgan fingerprint density at radius 1 is 1.48 bits per heavy atom. The zero-order valence-electron chi connectivity index (χ0n) is 12.7. The Balaban J connectivity index is 1.60. The van der Waals surface area contributed by atoms with Crippen LogP contribution in [0.2, 0.25) is 0 Å². The highest BCUT2D eigenvalue weighted by atomic mass is 16.5. The van der Waals surface area contributed by atoms with Gasteiger partial charge in [-0.3, -0.25) is 0 Å². The van der Waals surface area contributed by atoms with Gasteiger partial charge < -0.3 is 20.1 Å². The fourth-order valence-electron chi connectivity index (χ4n) is 2.46. The Morgan fingerprint density at radius 2 is 2.35 bits per heavy atom. The number of allylic oxidation sites excluding steroid dienone is 1. The molecule has 0 spiro atoms. The number of hydrogen-bond acceptors (Lipinski definition) is 6. The molecule has 118 valence electrons. The van der Waals surface area contributed by atoms with Crippen LogP contribution in [0.4, 0.5) is 11.8 Å². The molecule has 1 fully saturated rings. The van der Waals surface area contributed by atoms with Crippen LogP contribution in [0.5, 0.6) is 11.6 Å². The number of ether oxygens (including phenoxy) is 1. The monoisotopic (exact) mass is 311 g/mol. The maximum atomic E-state index is 10.0. The minimum atomic E-state index is -0.0338. The van der Waals surface area contributed by atoms with Gasteiger partial charge in [-0.15, -0.1) is 0 Å². The SMILES string of the molecule is COc1cnc2c(c1)/C(=C\c1[nH]c(NCC3CC3)nc1O)C=N2. The number of aromatic hydroxyl groups is 1. The zero-order valence-corrected chi connectivity index (χ0v) is 12.7. The zero-order chi connectivity index (χ0) is 15.8. The maximum Gasteiger partial charge on any atom is 0.238 e. The van der Waals surface area contributed by atoms with E-state index in [1.165, 1.54) is 12.8 Å². The predicted molar refractivity (Wildman–Crippen MR) is 88.3 cm³/mol. The summed E-state index contributed by atoms with van der Waals surface area (Å²) >= 11 is 0. The van der Waals surface area contributed by atoms with Gasteiger partial charge in [-0.1, -0.05) is 0 Å². The smallest absolute Gasteiger partial charge is 0.238 e. The number of fused-ring (bicyclic) bond motifs is 1. The normalized spacial score (nSPS) is 17.5. The summed E-state index contributed by atoms with van der Waals surface area (Å²) in [4.78, 5) is 15.7. The van der Waals surface area contributed by atoms with Crippen molar-refractivity contribution in [1.29, 1.82) is 0 Å². The second-order valence-electron chi connectivity index (χ2n) is 5.75. The molecule has 3 N–H and O–H groups in total. The van der Waals surface area contributed by atoms with Gasteiger partial charge in [0.05, 0.1) is 13.3 Å². The number of aliphatic imine (C=N–C) groups is 1. The average Bonchev–Trinajstić information content (AvgIpc) is 3.22. The van der Waals surface area contributed by atoms with Crippen molar-refractivity contribution in [2.24, 2.45) is 10.9 Å². The lowest BCUT2D eigenvalue weighted by atomic mass is 10.1. The first-order valence-corrected chi connectivity index (χ1v) is 7.56. The van der Waals surface area contributed by atoms with Gasteiger partial charge in [-0.05, 0) is 30.9 Å². The van der Waals surface area contributed by atoms with Crippen LogP contribution < -0.4 is 10.1 Å². The number of nitrogens with zero attached hydrogens (tertiary/aromatic N) is 3. The Morgan fingerprint density at radius 3 is 3.13 bits per heavy atom. The first-order valence-electron chi connectivity index (χ1n) is 7.56. The quantitative estimate of drug-likeness (QED) is 0.789. The molecule has 2 aromatic heterocycles. The molecule has 0 saturated heterocycles. The van der Waals surface area contributed by atoms with E-state index in [-0.39, 0.29) is 5.88 Å². The number of aromatic nitrogens is 3. The van der Waals surface area contributed by atoms with Crippen LogP contribution in [0.3, 0.4) is 0 Å². The van der Waals surface area contributed by atoms with Gasteiger partial charge in [-0.25, -0.2) is 9.98 Å². The van der Waals surface area contributed by atoms with Gasteiger partial charge in [0.2, 0.25) is 11.8 Å². The fourth-order valence-corrected chi connectivity index (χ4v) is 2.46. The summed E-state index contributed by atoms with van der Waals surface area (Å²) in [5.74, 6) is 2.59. The number of anilines is 1. The number of rotatable bonds is 5. The number of H-pyrrole nitrogens is 1. The molecule has 2 aromatic rings. The minimum Gasteiger partial charge on any atom is -0.495 e. The van der Waals surface area contributed by atoms with Gasteiger partial charge in [0.1, 0.15) is 11.4 Å². The summed E-state index contributed by atoms with van der Waals surface area (Å²) in [6.07, 6.45) is 7.68. The number of pyridine rings is 1. The third-order valence-corrected chi connectivity index (χ3v) is 3.98. The van der Waals surface area contributed by atoms with E-state index in [1.54, 1.807) is 25.6 Å². The summed E-state index contributed by atoms with van der Waals surface area (Å²) in [6, 6.07) is 1.88. The summed E-state index contributed by atoms with van der Waals surface area (Å²) in [6.45, 7) is 0.883. The molecule has 3 heterocycles. The minimum absolute atomic E-state index is 0.0338. The molecule has 23 heavy (non-hydrogen) atoms. The third kappa shape index (κ3) is 2.77. The Labute approximate surface area is 133 Å². The van der Waals surface area contributed by atoms with Gasteiger partial charge in [0, 0.05) is 23.9 Å². The number of hydrogen-bond donors (Lipinski definition) is 3. The second-order valence-corrected chi connectivity index (χ2v) is 5.75. The number of imidazole rings is 1. The molecule has 4 rings (SSSR count). The van der Waals surface area contributed by atoms with Crippen molar-refractivity contribution in [1.82, 2.24) is 15.0 Å². The van der Waals surface area contributed by atoms with Crippen molar-refractivity contribution < 1.29 is 9.84 Å². The highest BCUT2D eigenvalue weighted by molar-refractivity contribution is 6.21. The lowest BCUT2D eigenvalue weighted by molar-refractivity contribution is 0.413. The number of nitrogens with one attached hydrogen (secondary N) is 2. The molecule has 0 aromatic carbocycles. The van der Waals surface area contributed by atoms with Crippen molar-refractivity contribution >= 4 is 29.6 Å². The van der Waals surface area contributed by atoms with Gasteiger partial charge in [-0.2, -0.15) is 4.98 Å². The van der Waals surface area contributed by atoms with E-state index in [1.807, 2.05) is 6.07 Å². The van der Waals surface area contributed by atoms with Gasteiger partial charge >= 0.3 is 0 Å². The van der Waals surface area contributed by atoms with Crippen LogP contribution >= 0.6 is 0 Å². The number of methoxy groups -OCH3 is 1. The first-order chi connectivity index (χ1) is 11.2. The van der Waals surface area contributed by atoms with Crippen LogP contribution in [-0.2, 0) is 0 Å². The van der Waals surface area contributed by atoms with Crippen LogP contribution in [0, 0.1) is 5.92 Å². The van der Waals surface area contributed by atoms with E-state index < -0.39 is 0 Å². The predicted octanol–water partition coefficient (Wildman–Crippen LogP) is 2.60. The van der Waals surface area contributed by atoms with E-state index in [4.69, 9.17) is 4.74 Å². The molecular weight excluding hydrogens is 294 g/mol. The van der Waals surface area contributed by atoms with E-state index in [9.17, 15) is 5.11 Å². The summed E-state index contributed by atoms with van der Waals surface area (Å²) < 4.78 is 5.20. The molecule has 0 amide bonds. The lowest BCUT2D eigenvalue weighted by Crippen LogP contribution is -2.04. The van der Waals surface area contributed by atoms with Crippen LogP contribution in [0.25, 0.3) is 11.6 Å². The molecule has 1 aliphatic carbocycles. The van der Waals surface area contributed by atoms with Crippen molar-refractivity contribution in [3.8, 4) is 11.6 Å². The summed E-state index contributed by atoms with van der Waals surface area (Å²) in [7, 11) is 1.60. The molecule has 7 nitrogen and oxygen atoms in total. The first kappa shape index (κ1) is 13.8. The highest BCUT2D eigenvalue weighted by Crippen LogP contribution is 2.34. The van der Waals surface area contributed by atoms with E-state index >= 15 is 0 Å². The van der Waals surface area contributed by atoms with Crippen LogP contribution in [0.1, 0.15) is 24.1 Å². The van der Waals surface area contributed by atoms with Gasteiger partial charge in [0.15, 0.2) is 5.82 Å². The highest BCUT2D eigenvalue weighted by Gasteiger charge is 2.21. The van der Waals surface area contributed by atoms with Gasteiger partial charge in [0.25, 0.3) is 0 Å². The van der Waals surface area contributed by atoms with Crippen molar-refractivity contribution in [2.45, 2.75) is 12.8 Å². The largest absolute Gasteiger partial charge is 0.495 e. The summed E-state index contributed by atoms with van der Waals surface area (Å²) in [5.41, 5.74) is 2.25. The summed E-state index contributed by atoms with van der Waals surface area (Å²) in [5, 5.41) is 13.2. The van der Waals surface area contributed by atoms with E-state index in [2.05, 4.69) is 25.3 Å². The fraction of sp³-hybridized carbons (Fsp3) is 0.312. The van der Waals surface area contributed by atoms with Crippen LogP contribution in [0.15, 0.2) is 17.3 Å². The molecule has 0 unspecified atom stereocenters. The second kappa shape index (κ2) is 5.42. The van der Waals surface area contributed by atoms with E-state index in [0.29, 0.717) is 23.2 Å². The standard InChI is InChI=1S/C16H17N5O2/c1-23-11-5-12-10(7-17-14(12)18-8-11)4-13-15(22)21-16(20-13)19-6-9-2-3-9/h4-5,7-9,22H,2-3,6H2,1H3,(H2,19,20,21)/b10-4-.